The molecule has 0 radical (unpaired) electrons. The lowest BCUT2D eigenvalue weighted by atomic mass is 9.89. The van der Waals surface area contributed by atoms with Crippen molar-refractivity contribution in [1.82, 2.24) is 9.21 Å². The van der Waals surface area contributed by atoms with Gasteiger partial charge in [-0.1, -0.05) is 18.6 Å². The number of nitrogens with zero attached hydrogens (tertiary/aromatic N) is 2. The van der Waals surface area contributed by atoms with Crippen LogP contribution in [0.3, 0.4) is 0 Å². The molecule has 0 aliphatic carbocycles. The van der Waals surface area contributed by atoms with Crippen molar-refractivity contribution in [3.05, 3.63) is 83.9 Å². The van der Waals surface area contributed by atoms with Crippen LogP contribution in [-0.4, -0.2) is 73.8 Å². The fraction of sp³-hybridized carbons (Fsp3) is 0.324. The lowest BCUT2D eigenvalue weighted by Gasteiger charge is -2.26. The van der Waals surface area contributed by atoms with Crippen LogP contribution >= 0.6 is 0 Å². The number of ketones is 1. The van der Waals surface area contributed by atoms with Gasteiger partial charge in [0.1, 0.15) is 34.8 Å². The Hall–Kier alpha value is -3.72. The summed E-state index contributed by atoms with van der Waals surface area (Å²) in [6, 6.07) is 22.4. The van der Waals surface area contributed by atoms with Crippen LogP contribution in [0, 0.1) is 0 Å². The van der Waals surface area contributed by atoms with Gasteiger partial charge in [0.05, 0.1) is 19.1 Å². The second-order valence-corrected chi connectivity index (χ2v) is 12.3. The van der Waals surface area contributed by atoms with E-state index in [9.17, 15) is 9.00 Å². The topological polar surface area (TPSA) is 68.3 Å². The third-order valence-electron chi connectivity index (χ3n) is 7.69. The maximum Gasteiger partial charge on any atom is 0.194 e. The molecule has 220 valence electrons. The van der Waals surface area contributed by atoms with Crippen LogP contribution < -0.4 is 14.2 Å². The summed E-state index contributed by atoms with van der Waals surface area (Å²) in [7, 11) is 5.38. The summed E-state index contributed by atoms with van der Waals surface area (Å²) < 4.78 is 31.8. The first-order valence-corrected chi connectivity index (χ1v) is 15.4. The molecule has 0 amide bonds. The van der Waals surface area contributed by atoms with Gasteiger partial charge >= 0.3 is 0 Å². The van der Waals surface area contributed by atoms with Crippen molar-refractivity contribution in [2.45, 2.75) is 24.2 Å². The number of fused-ring (bicyclic) bond motifs is 1. The number of benzene rings is 4. The third kappa shape index (κ3) is 6.51. The lowest BCUT2D eigenvalue weighted by Crippen LogP contribution is -2.33. The Bertz CT molecular complexity index is 1580. The van der Waals surface area contributed by atoms with Crippen LogP contribution in [0.2, 0.25) is 0 Å². The summed E-state index contributed by atoms with van der Waals surface area (Å²) in [5.41, 5.74) is 2.49. The van der Waals surface area contributed by atoms with Crippen molar-refractivity contribution in [1.29, 1.82) is 0 Å². The van der Waals surface area contributed by atoms with E-state index in [0.717, 1.165) is 36.2 Å². The van der Waals surface area contributed by atoms with Crippen molar-refractivity contribution in [2.75, 3.05) is 54.6 Å². The molecule has 4 aromatic rings. The molecule has 1 aliphatic heterocycles. The number of hydrogen-bond donors (Lipinski definition) is 0. The molecule has 0 spiro atoms. The van der Waals surface area contributed by atoms with E-state index in [4.69, 9.17) is 14.2 Å². The molecule has 0 saturated carbocycles. The molecule has 1 aliphatic rings. The minimum atomic E-state index is -1.36. The summed E-state index contributed by atoms with van der Waals surface area (Å²) in [6.07, 6.45) is 3.82. The van der Waals surface area contributed by atoms with E-state index >= 15 is 0 Å². The molecule has 42 heavy (non-hydrogen) atoms. The van der Waals surface area contributed by atoms with Gasteiger partial charge in [-0.25, -0.2) is 8.51 Å². The summed E-state index contributed by atoms with van der Waals surface area (Å²) >= 11 is 0. The Kier molecular flexibility index (Phi) is 9.57. The quantitative estimate of drug-likeness (QED) is 0.195. The fourth-order valence-corrected chi connectivity index (χ4v) is 6.27. The van der Waals surface area contributed by atoms with E-state index in [1.54, 1.807) is 44.8 Å². The van der Waals surface area contributed by atoms with Gasteiger partial charge in [0, 0.05) is 23.2 Å². The van der Waals surface area contributed by atoms with Crippen LogP contribution in [0.15, 0.2) is 77.7 Å². The standard InChI is InChI=1S/C34H38N2O5S/c1-35(2)42(38)28-14-17-32(40-4)31(23-28)30-15-10-25-22-27(39-3)13-16-29(25)33(30)34(37)24-8-11-26(12-9-24)41-21-20-36-18-6-5-7-19-36/h8-17,22-23H,5-7,18-21H2,1-4H3. The Balaban J connectivity index is 1.52. The Morgan fingerprint density at radius 1 is 0.833 bits per heavy atom. The molecule has 1 fully saturated rings. The second-order valence-electron chi connectivity index (χ2n) is 10.6. The van der Waals surface area contributed by atoms with Crippen molar-refractivity contribution < 1.29 is 23.2 Å². The molecular formula is C34H38N2O5S. The number of carbonyl (C=O) groups excluding carboxylic acids is 1. The summed E-state index contributed by atoms with van der Waals surface area (Å²) in [4.78, 5) is 17.3. The van der Waals surface area contributed by atoms with Crippen LogP contribution in [-0.2, 0) is 11.0 Å². The zero-order chi connectivity index (χ0) is 29.6. The molecule has 0 aromatic heterocycles. The van der Waals surface area contributed by atoms with Crippen LogP contribution in [0.25, 0.3) is 21.9 Å². The van der Waals surface area contributed by atoms with E-state index in [1.165, 1.54) is 19.3 Å². The maximum atomic E-state index is 14.3. The molecule has 1 heterocycles. The molecule has 1 atom stereocenters. The number of hydrogen-bond acceptors (Lipinski definition) is 6. The summed E-state index contributed by atoms with van der Waals surface area (Å²) in [6.45, 7) is 3.79. The van der Waals surface area contributed by atoms with Crippen LogP contribution in [0.4, 0.5) is 0 Å². The highest BCUT2D eigenvalue weighted by molar-refractivity contribution is 7.82. The SMILES string of the molecule is COc1ccc2c(C(=O)c3ccc(OCCN4CCCCC4)cc3)c(-c3cc(S(=O)N(C)C)ccc3OC)ccc2c1. The van der Waals surface area contributed by atoms with Crippen LogP contribution in [0.1, 0.15) is 35.2 Å². The fourth-order valence-electron chi connectivity index (χ4n) is 5.44. The molecular weight excluding hydrogens is 548 g/mol. The number of likely N-dealkylation sites (tertiary alicyclic amines) is 1. The van der Waals surface area contributed by atoms with Gasteiger partial charge in [0.15, 0.2) is 5.78 Å². The summed E-state index contributed by atoms with van der Waals surface area (Å²) in [5, 5.41) is 1.67. The van der Waals surface area contributed by atoms with E-state index < -0.39 is 11.0 Å². The van der Waals surface area contributed by atoms with Gasteiger partial charge in [0.2, 0.25) is 0 Å². The van der Waals surface area contributed by atoms with Gasteiger partial charge in [0.25, 0.3) is 0 Å². The lowest BCUT2D eigenvalue weighted by molar-refractivity contribution is 0.104. The smallest absolute Gasteiger partial charge is 0.194 e. The van der Waals surface area contributed by atoms with Crippen LogP contribution in [0.5, 0.6) is 17.2 Å². The predicted molar refractivity (Wildman–Crippen MR) is 168 cm³/mol. The number of methoxy groups -OCH3 is 2. The first-order valence-electron chi connectivity index (χ1n) is 14.3. The minimum Gasteiger partial charge on any atom is -0.497 e. The highest BCUT2D eigenvalue weighted by Crippen LogP contribution is 2.39. The normalized spacial score (nSPS) is 14.6. The first-order chi connectivity index (χ1) is 20.4. The summed E-state index contributed by atoms with van der Waals surface area (Å²) in [5.74, 6) is 1.92. The second kappa shape index (κ2) is 13.5. The first kappa shape index (κ1) is 29.8. The van der Waals surface area contributed by atoms with Gasteiger partial charge in [-0.2, -0.15) is 0 Å². The largest absolute Gasteiger partial charge is 0.497 e. The zero-order valence-electron chi connectivity index (χ0n) is 24.7. The minimum absolute atomic E-state index is 0.123. The van der Waals surface area contributed by atoms with Gasteiger partial charge < -0.3 is 14.2 Å². The van der Waals surface area contributed by atoms with E-state index in [0.29, 0.717) is 45.3 Å². The average molecular weight is 587 g/mol. The molecule has 5 rings (SSSR count). The van der Waals surface area contributed by atoms with E-state index in [2.05, 4.69) is 4.90 Å². The number of rotatable bonds is 11. The molecule has 7 nitrogen and oxygen atoms in total. The van der Waals surface area contributed by atoms with Gasteiger partial charge in [-0.3, -0.25) is 9.69 Å². The van der Waals surface area contributed by atoms with Gasteiger partial charge in [-0.15, -0.1) is 0 Å². The van der Waals surface area contributed by atoms with E-state index in [-0.39, 0.29) is 5.78 Å². The molecule has 1 saturated heterocycles. The van der Waals surface area contributed by atoms with Gasteiger partial charge in [-0.05, 0) is 117 Å². The van der Waals surface area contributed by atoms with Crippen molar-refractivity contribution in [3.8, 4) is 28.4 Å². The maximum absolute atomic E-state index is 14.3. The Labute approximate surface area is 250 Å². The van der Waals surface area contributed by atoms with Crippen molar-refractivity contribution >= 4 is 27.5 Å². The highest BCUT2D eigenvalue weighted by atomic mass is 32.2. The average Bonchev–Trinajstić information content (AvgIpc) is 3.03. The monoisotopic (exact) mass is 586 g/mol. The number of ether oxygens (including phenoxy) is 3. The molecule has 8 heteroatoms. The number of piperidine rings is 1. The molecule has 4 aromatic carbocycles. The predicted octanol–water partition coefficient (Wildman–Crippen LogP) is 6.20. The molecule has 0 N–H and O–H groups in total. The number of carbonyl (C=O) groups is 1. The van der Waals surface area contributed by atoms with Crippen molar-refractivity contribution in [2.24, 2.45) is 0 Å². The third-order valence-corrected chi connectivity index (χ3v) is 9.01. The highest BCUT2D eigenvalue weighted by Gasteiger charge is 2.22. The zero-order valence-corrected chi connectivity index (χ0v) is 25.5. The molecule has 1 unspecified atom stereocenters. The van der Waals surface area contributed by atoms with Crippen molar-refractivity contribution in [3.63, 3.8) is 0 Å². The Morgan fingerprint density at radius 3 is 2.26 bits per heavy atom. The van der Waals surface area contributed by atoms with E-state index in [1.807, 2.05) is 60.7 Å². The Morgan fingerprint density at radius 2 is 1.57 bits per heavy atom. The molecule has 0 bridgehead atoms.